The molecule has 3 N–H and O–H groups in total. The van der Waals surface area contributed by atoms with E-state index in [0.29, 0.717) is 6.07 Å². The maximum atomic E-state index is 13.1. The number of alkyl halides is 3. The summed E-state index contributed by atoms with van der Waals surface area (Å²) in [4.78, 5) is 10.5. The molecule has 0 aliphatic carbocycles. The molecule has 0 heterocycles. The van der Waals surface area contributed by atoms with Gasteiger partial charge in [-0.15, -0.1) is 0 Å². The first kappa shape index (κ1) is 14.4. The minimum Gasteiger partial charge on any atom is -0.481 e. The SMILES string of the molecule is NCC(CC(=O)O)c1cc(F)cc(C(F)(F)F)c1. The van der Waals surface area contributed by atoms with Crippen molar-refractivity contribution in [3.05, 3.63) is 35.1 Å². The van der Waals surface area contributed by atoms with Gasteiger partial charge in [0, 0.05) is 5.92 Å². The summed E-state index contributed by atoms with van der Waals surface area (Å²) < 4.78 is 50.5. The maximum absolute atomic E-state index is 13.1. The van der Waals surface area contributed by atoms with Crippen molar-refractivity contribution >= 4 is 5.97 Å². The standard InChI is InChI=1S/C11H11F4NO2/c12-9-2-6(7(5-16)3-10(17)18)1-8(4-9)11(13,14)15/h1-2,4,7H,3,5,16H2,(H,17,18). The van der Waals surface area contributed by atoms with Crippen LogP contribution in [0.3, 0.4) is 0 Å². The molecule has 0 fully saturated rings. The highest BCUT2D eigenvalue weighted by molar-refractivity contribution is 5.68. The summed E-state index contributed by atoms with van der Waals surface area (Å²) in [5.41, 5.74) is 4.08. The second-order valence-electron chi connectivity index (χ2n) is 3.80. The number of carbonyl (C=O) groups is 1. The van der Waals surface area contributed by atoms with Gasteiger partial charge in [-0.2, -0.15) is 13.2 Å². The minimum absolute atomic E-state index is 0.0628. The first-order chi connectivity index (χ1) is 8.24. The Morgan fingerprint density at radius 1 is 1.33 bits per heavy atom. The van der Waals surface area contributed by atoms with Gasteiger partial charge in [-0.05, 0) is 30.3 Å². The molecule has 100 valence electrons. The molecule has 7 heteroatoms. The molecule has 18 heavy (non-hydrogen) atoms. The van der Waals surface area contributed by atoms with Crippen molar-refractivity contribution < 1.29 is 27.5 Å². The highest BCUT2D eigenvalue weighted by Crippen LogP contribution is 2.32. The maximum Gasteiger partial charge on any atom is 0.416 e. The Kier molecular flexibility index (Phi) is 4.28. The summed E-state index contributed by atoms with van der Waals surface area (Å²) >= 11 is 0. The number of halogens is 4. The number of carboxylic acid groups (broad SMARTS) is 1. The van der Waals surface area contributed by atoms with Gasteiger partial charge in [0.25, 0.3) is 0 Å². The molecular weight excluding hydrogens is 254 g/mol. The highest BCUT2D eigenvalue weighted by Gasteiger charge is 2.32. The Labute approximate surface area is 100 Å². The molecular formula is C11H11F4NO2. The Bertz CT molecular complexity index is 445. The largest absolute Gasteiger partial charge is 0.481 e. The van der Waals surface area contributed by atoms with Crippen molar-refractivity contribution in [2.45, 2.75) is 18.5 Å². The highest BCUT2D eigenvalue weighted by atomic mass is 19.4. The zero-order valence-corrected chi connectivity index (χ0v) is 9.17. The molecule has 1 rings (SSSR count). The van der Waals surface area contributed by atoms with Crippen LogP contribution in [0.25, 0.3) is 0 Å². The van der Waals surface area contributed by atoms with Gasteiger partial charge in [-0.3, -0.25) is 4.79 Å². The summed E-state index contributed by atoms with van der Waals surface area (Å²) in [5, 5.41) is 8.60. The summed E-state index contributed by atoms with van der Waals surface area (Å²) in [7, 11) is 0. The van der Waals surface area contributed by atoms with Crippen LogP contribution in [0, 0.1) is 5.82 Å². The van der Waals surface area contributed by atoms with E-state index < -0.39 is 35.9 Å². The fraction of sp³-hybridized carbons (Fsp3) is 0.364. The number of hydrogen-bond acceptors (Lipinski definition) is 2. The van der Waals surface area contributed by atoms with E-state index in [2.05, 4.69) is 0 Å². The third-order valence-electron chi connectivity index (χ3n) is 2.42. The van der Waals surface area contributed by atoms with E-state index in [1.165, 1.54) is 0 Å². The first-order valence-corrected chi connectivity index (χ1v) is 5.03. The summed E-state index contributed by atoms with van der Waals surface area (Å²) in [6, 6.07) is 1.96. The second kappa shape index (κ2) is 5.34. The van der Waals surface area contributed by atoms with Crippen molar-refractivity contribution in [2.24, 2.45) is 5.73 Å². The molecule has 1 atom stereocenters. The monoisotopic (exact) mass is 265 g/mol. The summed E-state index contributed by atoms with van der Waals surface area (Å²) in [5.74, 6) is -3.12. The van der Waals surface area contributed by atoms with E-state index in [4.69, 9.17) is 10.8 Å². The molecule has 0 spiro atoms. The lowest BCUT2D eigenvalue weighted by Gasteiger charge is -2.15. The molecule has 0 aliphatic rings. The lowest BCUT2D eigenvalue weighted by molar-refractivity contribution is -0.138. The molecule has 0 saturated carbocycles. The number of rotatable bonds is 4. The summed E-state index contributed by atoms with van der Waals surface area (Å²) in [6.07, 6.45) is -5.13. The zero-order valence-electron chi connectivity index (χ0n) is 9.17. The number of aliphatic carboxylic acids is 1. The van der Waals surface area contributed by atoms with Crippen molar-refractivity contribution in [3.63, 3.8) is 0 Å². The van der Waals surface area contributed by atoms with Crippen molar-refractivity contribution in [2.75, 3.05) is 6.54 Å². The van der Waals surface area contributed by atoms with Gasteiger partial charge in [0.1, 0.15) is 5.82 Å². The Balaban J connectivity index is 3.15. The van der Waals surface area contributed by atoms with Crippen LogP contribution in [0.5, 0.6) is 0 Å². The van der Waals surface area contributed by atoms with E-state index in [0.717, 1.165) is 12.1 Å². The van der Waals surface area contributed by atoms with Gasteiger partial charge in [0.05, 0.1) is 12.0 Å². The number of nitrogens with two attached hydrogens (primary N) is 1. The predicted octanol–water partition coefficient (Wildman–Crippen LogP) is 2.36. The van der Waals surface area contributed by atoms with Crippen LogP contribution in [0.15, 0.2) is 18.2 Å². The Morgan fingerprint density at radius 3 is 2.39 bits per heavy atom. The van der Waals surface area contributed by atoms with Crippen LogP contribution >= 0.6 is 0 Å². The molecule has 1 aromatic rings. The van der Waals surface area contributed by atoms with Crippen LogP contribution < -0.4 is 5.73 Å². The van der Waals surface area contributed by atoms with Crippen LogP contribution in [0.1, 0.15) is 23.5 Å². The quantitative estimate of drug-likeness (QED) is 0.821. The van der Waals surface area contributed by atoms with Gasteiger partial charge in [0.2, 0.25) is 0 Å². The van der Waals surface area contributed by atoms with Gasteiger partial charge in [-0.1, -0.05) is 0 Å². The normalized spacial score (nSPS) is 13.4. The first-order valence-electron chi connectivity index (χ1n) is 5.03. The number of carboxylic acids is 1. The van der Waals surface area contributed by atoms with Crippen molar-refractivity contribution in [1.29, 1.82) is 0 Å². The van der Waals surface area contributed by atoms with Crippen molar-refractivity contribution in [3.8, 4) is 0 Å². The molecule has 0 aromatic heterocycles. The van der Waals surface area contributed by atoms with Gasteiger partial charge >= 0.3 is 12.1 Å². The Hall–Kier alpha value is -1.63. The lowest BCUT2D eigenvalue weighted by Crippen LogP contribution is -2.17. The third-order valence-corrected chi connectivity index (χ3v) is 2.42. The third kappa shape index (κ3) is 3.69. The Morgan fingerprint density at radius 2 is 1.94 bits per heavy atom. The number of hydrogen-bond donors (Lipinski definition) is 2. The van der Waals surface area contributed by atoms with E-state index in [1.54, 1.807) is 0 Å². The second-order valence-corrected chi connectivity index (χ2v) is 3.80. The molecule has 1 unspecified atom stereocenters. The molecule has 0 saturated heterocycles. The fourth-order valence-corrected chi connectivity index (χ4v) is 1.56. The smallest absolute Gasteiger partial charge is 0.416 e. The van der Waals surface area contributed by atoms with E-state index in [-0.39, 0.29) is 12.1 Å². The molecule has 3 nitrogen and oxygen atoms in total. The average Bonchev–Trinajstić information content (AvgIpc) is 2.23. The van der Waals surface area contributed by atoms with E-state index in [9.17, 15) is 22.4 Å². The average molecular weight is 265 g/mol. The van der Waals surface area contributed by atoms with Gasteiger partial charge < -0.3 is 10.8 Å². The van der Waals surface area contributed by atoms with Crippen LogP contribution in [0.4, 0.5) is 17.6 Å². The topological polar surface area (TPSA) is 63.3 Å². The van der Waals surface area contributed by atoms with Crippen LogP contribution in [-0.2, 0) is 11.0 Å². The van der Waals surface area contributed by atoms with Gasteiger partial charge in [-0.25, -0.2) is 4.39 Å². The van der Waals surface area contributed by atoms with E-state index >= 15 is 0 Å². The minimum atomic E-state index is -4.68. The number of benzene rings is 1. The van der Waals surface area contributed by atoms with Crippen molar-refractivity contribution in [1.82, 2.24) is 0 Å². The van der Waals surface area contributed by atoms with E-state index in [1.807, 2.05) is 0 Å². The fourth-order valence-electron chi connectivity index (χ4n) is 1.56. The predicted molar refractivity (Wildman–Crippen MR) is 55.5 cm³/mol. The molecule has 0 amide bonds. The molecule has 1 aromatic carbocycles. The van der Waals surface area contributed by atoms with Crippen LogP contribution in [-0.4, -0.2) is 17.6 Å². The molecule has 0 radical (unpaired) electrons. The molecule has 0 bridgehead atoms. The zero-order chi connectivity index (χ0) is 13.9. The van der Waals surface area contributed by atoms with Crippen LogP contribution in [0.2, 0.25) is 0 Å². The lowest BCUT2D eigenvalue weighted by atomic mass is 9.94. The molecule has 0 aliphatic heterocycles. The van der Waals surface area contributed by atoms with Gasteiger partial charge in [0.15, 0.2) is 0 Å². The summed E-state index contributed by atoms with van der Waals surface area (Å²) in [6.45, 7) is -0.174.